The van der Waals surface area contributed by atoms with Crippen LogP contribution in [0.2, 0.25) is 0 Å². The molecule has 0 bridgehead atoms. The maximum Gasteiger partial charge on any atom is 0.387 e. The third kappa shape index (κ3) is 7.57. The van der Waals surface area contributed by atoms with E-state index < -0.39 is 12.5 Å². The maximum atomic E-state index is 12.5. The molecule has 2 amide bonds. The third-order valence-corrected chi connectivity index (χ3v) is 3.92. The Kier molecular flexibility index (Phi) is 8.86. The highest BCUT2D eigenvalue weighted by Gasteiger charge is 2.15. The number of hydrogen-bond acceptors (Lipinski definition) is 5. The molecule has 0 heterocycles. The molecule has 0 saturated carbocycles. The zero-order chi connectivity index (χ0) is 21.9. The molecular weight excluding hydrogens is 398 g/mol. The van der Waals surface area contributed by atoms with Gasteiger partial charge in [0.25, 0.3) is 5.91 Å². The Morgan fingerprint density at radius 2 is 1.80 bits per heavy atom. The summed E-state index contributed by atoms with van der Waals surface area (Å²) in [5.74, 6) is -0.0973. The molecule has 0 aliphatic rings. The van der Waals surface area contributed by atoms with Crippen molar-refractivity contribution in [2.24, 2.45) is 0 Å². The van der Waals surface area contributed by atoms with Crippen molar-refractivity contribution in [2.75, 3.05) is 26.8 Å². The number of nitrogens with one attached hydrogen (secondary N) is 1. The molecule has 0 atom stereocenters. The minimum absolute atomic E-state index is 0.0738. The number of alkyl halides is 2. The van der Waals surface area contributed by atoms with E-state index in [4.69, 9.17) is 9.47 Å². The second-order valence-corrected chi connectivity index (χ2v) is 6.22. The highest BCUT2D eigenvalue weighted by Crippen LogP contribution is 2.30. The topological polar surface area (TPSA) is 77.1 Å². The molecular formula is C21H24F2N2O5. The highest BCUT2D eigenvalue weighted by atomic mass is 19.3. The molecule has 0 unspecified atom stereocenters. The molecule has 1 N–H and O–H groups in total. The molecule has 2 aromatic carbocycles. The van der Waals surface area contributed by atoms with Gasteiger partial charge in [0, 0.05) is 13.6 Å². The number of hydrogen-bond donors (Lipinski definition) is 1. The van der Waals surface area contributed by atoms with Gasteiger partial charge in [-0.2, -0.15) is 8.78 Å². The fourth-order valence-corrected chi connectivity index (χ4v) is 2.50. The average Bonchev–Trinajstić information content (AvgIpc) is 2.73. The fourth-order valence-electron chi connectivity index (χ4n) is 2.50. The third-order valence-electron chi connectivity index (χ3n) is 3.92. The van der Waals surface area contributed by atoms with Gasteiger partial charge in [-0.3, -0.25) is 9.59 Å². The zero-order valence-corrected chi connectivity index (χ0v) is 16.8. The molecule has 7 nitrogen and oxygen atoms in total. The zero-order valence-electron chi connectivity index (χ0n) is 16.8. The number of rotatable bonds is 11. The van der Waals surface area contributed by atoms with Crippen LogP contribution in [-0.2, 0) is 16.1 Å². The SMILES string of the molecule is CCOc1cc(CN(C)C(=O)CNC(=O)COc2ccccc2)ccc1OC(F)F. The van der Waals surface area contributed by atoms with Crippen LogP contribution in [0.25, 0.3) is 0 Å². The molecule has 30 heavy (non-hydrogen) atoms. The first kappa shape index (κ1) is 22.9. The summed E-state index contributed by atoms with van der Waals surface area (Å²) in [7, 11) is 1.57. The van der Waals surface area contributed by atoms with Gasteiger partial charge in [-0.25, -0.2) is 0 Å². The van der Waals surface area contributed by atoms with Crippen LogP contribution >= 0.6 is 0 Å². The van der Waals surface area contributed by atoms with E-state index in [2.05, 4.69) is 10.1 Å². The Hall–Kier alpha value is -3.36. The smallest absolute Gasteiger partial charge is 0.387 e. The van der Waals surface area contributed by atoms with Gasteiger partial charge in [0.05, 0.1) is 13.2 Å². The monoisotopic (exact) mass is 422 g/mol. The number of halogens is 2. The quantitative estimate of drug-likeness (QED) is 0.603. The second-order valence-electron chi connectivity index (χ2n) is 6.22. The molecule has 162 valence electrons. The lowest BCUT2D eigenvalue weighted by molar-refractivity contribution is -0.132. The summed E-state index contributed by atoms with van der Waals surface area (Å²) in [5.41, 5.74) is 0.662. The summed E-state index contributed by atoms with van der Waals surface area (Å²) in [6.45, 7) is -1.17. The summed E-state index contributed by atoms with van der Waals surface area (Å²) in [4.78, 5) is 25.5. The maximum absolute atomic E-state index is 12.5. The molecule has 9 heteroatoms. The first-order valence-corrected chi connectivity index (χ1v) is 9.28. The Bertz CT molecular complexity index is 833. The summed E-state index contributed by atoms with van der Waals surface area (Å²) < 4.78 is 40.0. The van der Waals surface area contributed by atoms with Crippen LogP contribution in [0.5, 0.6) is 17.2 Å². The predicted octanol–water partition coefficient (Wildman–Crippen LogP) is 2.84. The lowest BCUT2D eigenvalue weighted by Crippen LogP contribution is -2.39. The van der Waals surface area contributed by atoms with Crippen molar-refractivity contribution in [2.45, 2.75) is 20.1 Å². The molecule has 0 fully saturated rings. The van der Waals surface area contributed by atoms with Crippen LogP contribution in [0.3, 0.4) is 0 Å². The number of carbonyl (C=O) groups excluding carboxylic acids is 2. The first-order valence-electron chi connectivity index (χ1n) is 9.28. The van der Waals surface area contributed by atoms with Crippen LogP contribution in [0, 0.1) is 0 Å². The van der Waals surface area contributed by atoms with E-state index in [0.717, 1.165) is 0 Å². The van der Waals surface area contributed by atoms with Crippen LogP contribution in [0.4, 0.5) is 8.78 Å². The van der Waals surface area contributed by atoms with Gasteiger partial charge in [0.2, 0.25) is 5.91 Å². The lowest BCUT2D eigenvalue weighted by atomic mass is 10.2. The first-order chi connectivity index (χ1) is 14.4. The van der Waals surface area contributed by atoms with E-state index in [1.807, 2.05) is 6.07 Å². The van der Waals surface area contributed by atoms with Crippen molar-refractivity contribution in [3.05, 3.63) is 54.1 Å². The minimum atomic E-state index is -2.96. The largest absolute Gasteiger partial charge is 0.490 e. The van der Waals surface area contributed by atoms with Gasteiger partial charge in [-0.1, -0.05) is 24.3 Å². The predicted molar refractivity (Wildman–Crippen MR) is 106 cm³/mol. The minimum Gasteiger partial charge on any atom is -0.490 e. The Morgan fingerprint density at radius 1 is 1.07 bits per heavy atom. The van der Waals surface area contributed by atoms with Crippen molar-refractivity contribution >= 4 is 11.8 Å². The van der Waals surface area contributed by atoms with Crippen LogP contribution in [0.1, 0.15) is 12.5 Å². The van der Waals surface area contributed by atoms with Crippen molar-refractivity contribution in [3.8, 4) is 17.2 Å². The fraction of sp³-hybridized carbons (Fsp3) is 0.333. The number of para-hydroxylation sites is 1. The van der Waals surface area contributed by atoms with E-state index in [-0.39, 0.29) is 43.7 Å². The van der Waals surface area contributed by atoms with Crippen LogP contribution < -0.4 is 19.5 Å². The van der Waals surface area contributed by atoms with E-state index in [0.29, 0.717) is 11.3 Å². The molecule has 0 aliphatic heterocycles. The second kappa shape index (κ2) is 11.6. The van der Waals surface area contributed by atoms with Crippen molar-refractivity contribution in [1.29, 1.82) is 0 Å². The number of nitrogens with zero attached hydrogens (tertiary/aromatic N) is 1. The summed E-state index contributed by atoms with van der Waals surface area (Å²) >= 11 is 0. The number of ether oxygens (including phenoxy) is 3. The highest BCUT2D eigenvalue weighted by molar-refractivity contribution is 5.85. The molecule has 2 rings (SSSR count). The summed E-state index contributed by atoms with van der Waals surface area (Å²) in [6.07, 6.45) is 0. The number of benzene rings is 2. The summed E-state index contributed by atoms with van der Waals surface area (Å²) in [5, 5.41) is 2.50. The van der Waals surface area contributed by atoms with Crippen LogP contribution in [0.15, 0.2) is 48.5 Å². The Balaban J connectivity index is 1.84. The van der Waals surface area contributed by atoms with Gasteiger partial charge < -0.3 is 24.4 Å². The van der Waals surface area contributed by atoms with Gasteiger partial charge in [0.15, 0.2) is 18.1 Å². The normalized spacial score (nSPS) is 10.4. The van der Waals surface area contributed by atoms with Crippen molar-refractivity contribution < 1.29 is 32.6 Å². The van der Waals surface area contributed by atoms with E-state index in [1.54, 1.807) is 44.3 Å². The molecule has 0 spiro atoms. The Labute approximate surface area is 173 Å². The van der Waals surface area contributed by atoms with E-state index >= 15 is 0 Å². The van der Waals surface area contributed by atoms with Gasteiger partial charge in [-0.15, -0.1) is 0 Å². The standard InChI is InChI=1S/C21H24F2N2O5/c1-3-28-18-11-15(9-10-17(18)30-21(22)23)13-25(2)20(27)12-24-19(26)14-29-16-7-5-4-6-8-16/h4-11,21H,3,12-14H2,1-2H3,(H,24,26). The summed E-state index contributed by atoms with van der Waals surface area (Å²) in [6, 6.07) is 13.3. The number of likely N-dealkylation sites (N-methyl/N-ethyl adjacent to an activating group) is 1. The molecule has 0 aromatic heterocycles. The van der Waals surface area contributed by atoms with Crippen molar-refractivity contribution in [1.82, 2.24) is 10.2 Å². The van der Waals surface area contributed by atoms with E-state index in [9.17, 15) is 18.4 Å². The number of carbonyl (C=O) groups is 2. The van der Waals surface area contributed by atoms with Crippen LogP contribution in [-0.4, -0.2) is 50.1 Å². The van der Waals surface area contributed by atoms with E-state index in [1.165, 1.54) is 17.0 Å². The van der Waals surface area contributed by atoms with Gasteiger partial charge in [-0.05, 0) is 36.8 Å². The molecule has 2 aromatic rings. The number of amides is 2. The lowest BCUT2D eigenvalue weighted by Gasteiger charge is -2.19. The molecule has 0 saturated heterocycles. The van der Waals surface area contributed by atoms with Gasteiger partial charge >= 0.3 is 6.61 Å². The average molecular weight is 422 g/mol. The van der Waals surface area contributed by atoms with Crippen molar-refractivity contribution in [3.63, 3.8) is 0 Å². The Morgan fingerprint density at radius 3 is 2.47 bits per heavy atom. The molecule has 0 aliphatic carbocycles. The van der Waals surface area contributed by atoms with Gasteiger partial charge in [0.1, 0.15) is 5.75 Å². The molecule has 0 radical (unpaired) electrons.